The van der Waals surface area contributed by atoms with Gasteiger partial charge in [-0.2, -0.15) is 0 Å². The number of hydrogen-bond donors (Lipinski definition) is 1. The van der Waals surface area contributed by atoms with Crippen LogP contribution in [0, 0.1) is 5.92 Å². The number of benzene rings is 1. The van der Waals surface area contributed by atoms with Gasteiger partial charge in [-0.1, -0.05) is 18.2 Å². The van der Waals surface area contributed by atoms with Gasteiger partial charge >= 0.3 is 0 Å². The molecule has 1 saturated heterocycles. The fourth-order valence-electron chi connectivity index (χ4n) is 2.53. The SMILES string of the molecule is COc1ccccc1CC(=O)N1CCC(C(C)O)C1. The first-order valence-corrected chi connectivity index (χ1v) is 6.69. The molecule has 0 aliphatic carbocycles. The fourth-order valence-corrected chi connectivity index (χ4v) is 2.53. The summed E-state index contributed by atoms with van der Waals surface area (Å²) in [5.74, 6) is 1.07. The molecule has 0 bridgehead atoms. The Kier molecular flexibility index (Phi) is 4.43. The Morgan fingerprint density at radius 2 is 2.26 bits per heavy atom. The Labute approximate surface area is 114 Å². The minimum atomic E-state index is -0.343. The van der Waals surface area contributed by atoms with Gasteiger partial charge in [0.1, 0.15) is 5.75 Å². The van der Waals surface area contributed by atoms with Crippen molar-refractivity contribution >= 4 is 5.91 Å². The maximum Gasteiger partial charge on any atom is 0.227 e. The molecule has 1 amide bonds. The molecule has 4 nitrogen and oxygen atoms in total. The van der Waals surface area contributed by atoms with Gasteiger partial charge in [-0.15, -0.1) is 0 Å². The van der Waals surface area contributed by atoms with Crippen molar-refractivity contribution in [1.29, 1.82) is 0 Å². The summed E-state index contributed by atoms with van der Waals surface area (Å²) in [6.07, 6.45) is 0.898. The van der Waals surface area contributed by atoms with Gasteiger partial charge in [-0.3, -0.25) is 4.79 Å². The van der Waals surface area contributed by atoms with E-state index < -0.39 is 0 Å². The third kappa shape index (κ3) is 3.26. The first-order valence-electron chi connectivity index (χ1n) is 6.69. The van der Waals surface area contributed by atoms with Crippen molar-refractivity contribution in [1.82, 2.24) is 4.90 Å². The van der Waals surface area contributed by atoms with E-state index in [1.807, 2.05) is 29.2 Å². The fraction of sp³-hybridized carbons (Fsp3) is 0.533. The first kappa shape index (κ1) is 13.9. The minimum Gasteiger partial charge on any atom is -0.496 e. The quantitative estimate of drug-likeness (QED) is 0.895. The van der Waals surface area contributed by atoms with Crippen LogP contribution in [0.1, 0.15) is 18.9 Å². The van der Waals surface area contributed by atoms with E-state index in [-0.39, 0.29) is 17.9 Å². The second kappa shape index (κ2) is 6.06. The second-order valence-corrected chi connectivity index (χ2v) is 5.12. The van der Waals surface area contributed by atoms with Gasteiger partial charge in [-0.25, -0.2) is 0 Å². The molecule has 1 aliphatic rings. The lowest BCUT2D eigenvalue weighted by Gasteiger charge is -2.18. The number of hydrogen-bond acceptors (Lipinski definition) is 3. The van der Waals surface area contributed by atoms with Gasteiger partial charge in [0.2, 0.25) is 5.91 Å². The summed E-state index contributed by atoms with van der Waals surface area (Å²) in [5, 5.41) is 9.57. The lowest BCUT2D eigenvalue weighted by molar-refractivity contribution is -0.129. The van der Waals surface area contributed by atoms with Crippen molar-refractivity contribution in [3.8, 4) is 5.75 Å². The van der Waals surface area contributed by atoms with Crippen LogP contribution in [0.5, 0.6) is 5.75 Å². The summed E-state index contributed by atoms with van der Waals surface area (Å²) >= 11 is 0. The van der Waals surface area contributed by atoms with Gasteiger partial charge in [0.25, 0.3) is 0 Å². The van der Waals surface area contributed by atoms with Crippen molar-refractivity contribution in [3.05, 3.63) is 29.8 Å². The van der Waals surface area contributed by atoms with E-state index in [1.165, 1.54) is 0 Å². The number of carbonyl (C=O) groups excluding carboxylic acids is 1. The number of ether oxygens (including phenoxy) is 1. The number of para-hydroxylation sites is 1. The zero-order chi connectivity index (χ0) is 13.8. The van der Waals surface area contributed by atoms with Crippen LogP contribution in [0.15, 0.2) is 24.3 Å². The molecule has 1 aromatic rings. The van der Waals surface area contributed by atoms with E-state index in [0.29, 0.717) is 13.0 Å². The number of rotatable bonds is 4. The molecular formula is C15H21NO3. The van der Waals surface area contributed by atoms with E-state index in [1.54, 1.807) is 14.0 Å². The highest BCUT2D eigenvalue weighted by atomic mass is 16.5. The van der Waals surface area contributed by atoms with Gasteiger partial charge in [-0.05, 0) is 19.4 Å². The summed E-state index contributed by atoms with van der Waals surface area (Å²) in [6, 6.07) is 7.59. The van der Waals surface area contributed by atoms with Crippen LogP contribution in [-0.2, 0) is 11.2 Å². The van der Waals surface area contributed by atoms with Crippen LogP contribution in [0.25, 0.3) is 0 Å². The lowest BCUT2D eigenvalue weighted by Crippen LogP contribution is -2.31. The topological polar surface area (TPSA) is 49.8 Å². The smallest absolute Gasteiger partial charge is 0.227 e. The minimum absolute atomic E-state index is 0.104. The standard InChI is InChI=1S/C15H21NO3/c1-11(17)13-7-8-16(10-13)15(18)9-12-5-3-4-6-14(12)19-2/h3-6,11,13,17H,7-10H2,1-2H3. The molecular weight excluding hydrogens is 242 g/mol. The highest BCUT2D eigenvalue weighted by molar-refractivity contribution is 5.79. The molecule has 2 unspecified atom stereocenters. The summed E-state index contributed by atoms with van der Waals surface area (Å²) in [5.41, 5.74) is 0.912. The average Bonchev–Trinajstić information content (AvgIpc) is 2.89. The van der Waals surface area contributed by atoms with E-state index in [0.717, 1.165) is 24.3 Å². The Bertz CT molecular complexity index is 445. The Balaban J connectivity index is 1.98. The molecule has 104 valence electrons. The molecule has 0 radical (unpaired) electrons. The number of amides is 1. The number of nitrogens with zero attached hydrogens (tertiary/aromatic N) is 1. The van der Waals surface area contributed by atoms with Gasteiger partial charge in [0, 0.05) is 24.6 Å². The molecule has 1 aliphatic heterocycles. The normalized spacial score (nSPS) is 20.4. The predicted molar refractivity (Wildman–Crippen MR) is 73.1 cm³/mol. The molecule has 0 saturated carbocycles. The molecule has 0 aromatic heterocycles. The van der Waals surface area contributed by atoms with E-state index in [4.69, 9.17) is 4.74 Å². The maximum atomic E-state index is 12.2. The number of carbonyl (C=O) groups is 1. The van der Waals surface area contributed by atoms with Gasteiger partial charge in [0.15, 0.2) is 0 Å². The third-order valence-corrected chi connectivity index (χ3v) is 3.79. The molecule has 4 heteroatoms. The predicted octanol–water partition coefficient (Wildman–Crippen LogP) is 1.47. The van der Waals surface area contributed by atoms with Crippen molar-refractivity contribution < 1.29 is 14.6 Å². The molecule has 1 aromatic carbocycles. The lowest BCUT2D eigenvalue weighted by atomic mass is 10.0. The molecule has 1 heterocycles. The number of aliphatic hydroxyl groups excluding tert-OH is 1. The van der Waals surface area contributed by atoms with Crippen LogP contribution in [0.2, 0.25) is 0 Å². The highest BCUT2D eigenvalue weighted by Crippen LogP contribution is 2.23. The molecule has 2 atom stereocenters. The van der Waals surface area contributed by atoms with Crippen LogP contribution < -0.4 is 4.74 Å². The van der Waals surface area contributed by atoms with Crippen molar-refractivity contribution in [2.24, 2.45) is 5.92 Å². The highest BCUT2D eigenvalue weighted by Gasteiger charge is 2.29. The Morgan fingerprint density at radius 3 is 2.89 bits per heavy atom. The van der Waals surface area contributed by atoms with E-state index in [2.05, 4.69) is 0 Å². The van der Waals surface area contributed by atoms with Crippen molar-refractivity contribution in [3.63, 3.8) is 0 Å². The van der Waals surface area contributed by atoms with Crippen LogP contribution in [0.4, 0.5) is 0 Å². The van der Waals surface area contributed by atoms with Crippen LogP contribution in [-0.4, -0.2) is 42.2 Å². The van der Waals surface area contributed by atoms with Gasteiger partial charge < -0.3 is 14.7 Å². The summed E-state index contributed by atoms with van der Waals surface area (Å²) < 4.78 is 5.26. The molecule has 0 spiro atoms. The summed E-state index contributed by atoms with van der Waals surface area (Å²) in [7, 11) is 1.61. The van der Waals surface area contributed by atoms with Crippen molar-refractivity contribution in [2.75, 3.05) is 20.2 Å². The monoisotopic (exact) mass is 263 g/mol. The molecule has 2 rings (SSSR count). The summed E-state index contributed by atoms with van der Waals surface area (Å²) in [6.45, 7) is 3.19. The first-order chi connectivity index (χ1) is 9.11. The zero-order valence-corrected chi connectivity index (χ0v) is 11.5. The molecule has 1 fully saturated rings. The average molecular weight is 263 g/mol. The van der Waals surface area contributed by atoms with Gasteiger partial charge in [0.05, 0.1) is 19.6 Å². The number of likely N-dealkylation sites (tertiary alicyclic amines) is 1. The molecule has 1 N–H and O–H groups in total. The maximum absolute atomic E-state index is 12.2. The largest absolute Gasteiger partial charge is 0.496 e. The Hall–Kier alpha value is -1.55. The van der Waals surface area contributed by atoms with Crippen molar-refractivity contribution in [2.45, 2.75) is 25.9 Å². The van der Waals surface area contributed by atoms with Crippen LogP contribution in [0.3, 0.4) is 0 Å². The number of methoxy groups -OCH3 is 1. The number of aliphatic hydroxyl groups is 1. The zero-order valence-electron chi connectivity index (χ0n) is 11.5. The third-order valence-electron chi connectivity index (χ3n) is 3.79. The van der Waals surface area contributed by atoms with Crippen LogP contribution >= 0.6 is 0 Å². The summed E-state index contributed by atoms with van der Waals surface area (Å²) in [4.78, 5) is 14.1. The molecule has 19 heavy (non-hydrogen) atoms. The van der Waals surface area contributed by atoms with E-state index >= 15 is 0 Å². The second-order valence-electron chi connectivity index (χ2n) is 5.12. The van der Waals surface area contributed by atoms with E-state index in [9.17, 15) is 9.90 Å². The Morgan fingerprint density at radius 1 is 1.53 bits per heavy atom.